The zero-order valence-electron chi connectivity index (χ0n) is 30.7. The SMILES string of the molecule is C=N/C(=C\C=C/C)c1sc2c(-c3ccccc3)nc3cc(-c4ccc(-c5cc(-c6ccccc6)nc(-c6ccccc6)n5)cc4)ccc3c2c1-c1ccccn1. The molecule has 5 nitrogen and oxygen atoms in total. The number of rotatable bonds is 9. The molecule has 0 saturated heterocycles. The lowest BCUT2D eigenvalue weighted by Crippen LogP contribution is -1.95. The van der Waals surface area contributed by atoms with E-state index in [0.717, 1.165) is 93.3 Å². The van der Waals surface area contributed by atoms with Crippen LogP contribution in [0, 0.1) is 0 Å². The molecule has 5 aromatic carbocycles. The van der Waals surface area contributed by atoms with E-state index in [1.165, 1.54) is 0 Å². The van der Waals surface area contributed by atoms with Crippen molar-refractivity contribution in [2.45, 2.75) is 6.92 Å². The van der Waals surface area contributed by atoms with Crippen LogP contribution in [-0.4, -0.2) is 26.7 Å². The molecule has 0 aliphatic rings. The minimum atomic E-state index is 0.696. The molecule has 0 aliphatic carbocycles. The van der Waals surface area contributed by atoms with Gasteiger partial charge in [0.15, 0.2) is 5.82 Å². The van der Waals surface area contributed by atoms with Gasteiger partial charge in [-0.3, -0.25) is 9.98 Å². The van der Waals surface area contributed by atoms with Crippen LogP contribution in [0.25, 0.3) is 94.2 Å². The largest absolute Gasteiger partial charge is 0.263 e. The molecule has 9 rings (SSSR count). The van der Waals surface area contributed by atoms with Crippen LogP contribution in [0.3, 0.4) is 0 Å². The summed E-state index contributed by atoms with van der Waals surface area (Å²) >= 11 is 1.69. The number of hydrogen-bond acceptors (Lipinski definition) is 6. The molecular weight excluding hydrogens is 703 g/mol. The van der Waals surface area contributed by atoms with Gasteiger partial charge < -0.3 is 0 Å². The van der Waals surface area contributed by atoms with E-state index >= 15 is 0 Å². The summed E-state index contributed by atoms with van der Waals surface area (Å²) < 4.78 is 1.08. The molecule has 0 unspecified atom stereocenters. The summed E-state index contributed by atoms with van der Waals surface area (Å²) in [7, 11) is 0. The van der Waals surface area contributed by atoms with Crippen LogP contribution in [0.15, 0.2) is 187 Å². The van der Waals surface area contributed by atoms with Crippen LogP contribution in [0.5, 0.6) is 0 Å². The molecule has 0 atom stereocenters. The summed E-state index contributed by atoms with van der Waals surface area (Å²) in [6.07, 6.45) is 7.85. The first-order chi connectivity index (χ1) is 27.7. The first-order valence-corrected chi connectivity index (χ1v) is 19.3. The second kappa shape index (κ2) is 15.3. The van der Waals surface area contributed by atoms with Gasteiger partial charge in [-0.2, -0.15) is 0 Å². The van der Waals surface area contributed by atoms with E-state index in [4.69, 9.17) is 19.9 Å². The molecule has 0 radical (unpaired) electrons. The standard InChI is InChI=1S/C50H35N5S/c1-3-4-22-41(51-2)48-46(40-23-14-15-30-52-40)45-39-29-28-38(31-44(39)53-47(49(45)56-48)36-18-10-6-11-19-36)33-24-26-35(27-25-33)43-32-42(34-16-8-5-9-17-34)54-50(55-43)37-20-12-7-13-21-37/h3-32H,2H2,1H3/b4-3-,41-22-. The van der Waals surface area contributed by atoms with Gasteiger partial charge in [0.05, 0.1) is 43.6 Å². The highest BCUT2D eigenvalue weighted by Gasteiger charge is 2.24. The van der Waals surface area contributed by atoms with Crippen LogP contribution < -0.4 is 0 Å². The fourth-order valence-electron chi connectivity index (χ4n) is 7.06. The van der Waals surface area contributed by atoms with Crippen LogP contribution in [0.2, 0.25) is 0 Å². The number of benzene rings is 5. The first kappa shape index (κ1) is 34.6. The number of aliphatic imine (C=N–C) groups is 1. The van der Waals surface area contributed by atoms with Crippen molar-refractivity contribution >= 4 is 44.7 Å². The molecule has 266 valence electrons. The summed E-state index contributed by atoms with van der Waals surface area (Å²) in [5, 5.41) is 2.16. The second-order valence-corrected chi connectivity index (χ2v) is 14.3. The van der Waals surface area contributed by atoms with E-state index in [1.807, 2.05) is 98.1 Å². The normalized spacial score (nSPS) is 11.8. The monoisotopic (exact) mass is 737 g/mol. The van der Waals surface area contributed by atoms with E-state index in [2.05, 4.69) is 103 Å². The van der Waals surface area contributed by atoms with Gasteiger partial charge in [0.25, 0.3) is 0 Å². The Bertz CT molecular complexity index is 2840. The predicted molar refractivity (Wildman–Crippen MR) is 235 cm³/mol. The zero-order chi connectivity index (χ0) is 37.8. The number of fused-ring (bicyclic) bond motifs is 3. The Labute approximate surface area is 329 Å². The van der Waals surface area contributed by atoms with Crippen molar-refractivity contribution in [2.24, 2.45) is 4.99 Å². The highest BCUT2D eigenvalue weighted by Crippen LogP contribution is 2.48. The second-order valence-electron chi connectivity index (χ2n) is 13.3. The van der Waals surface area contributed by atoms with Gasteiger partial charge in [-0.15, -0.1) is 11.3 Å². The number of pyridine rings is 2. The fraction of sp³-hybridized carbons (Fsp3) is 0.0200. The highest BCUT2D eigenvalue weighted by atomic mass is 32.1. The third-order valence-corrected chi connectivity index (χ3v) is 11.0. The van der Waals surface area contributed by atoms with Crippen molar-refractivity contribution in [3.63, 3.8) is 0 Å². The summed E-state index contributed by atoms with van der Waals surface area (Å²) in [5.41, 5.74) is 12.5. The molecule has 0 N–H and O–H groups in total. The molecule has 56 heavy (non-hydrogen) atoms. The topological polar surface area (TPSA) is 63.9 Å². The van der Waals surface area contributed by atoms with Crippen molar-refractivity contribution in [2.75, 3.05) is 0 Å². The molecule has 9 aromatic rings. The molecular formula is C50H35N5S. The van der Waals surface area contributed by atoms with Crippen molar-refractivity contribution in [1.82, 2.24) is 19.9 Å². The average molecular weight is 738 g/mol. The molecule has 0 bridgehead atoms. The van der Waals surface area contributed by atoms with Gasteiger partial charge in [-0.05, 0) is 55.1 Å². The molecule has 0 saturated carbocycles. The number of allylic oxidation sites excluding steroid dienone is 3. The van der Waals surface area contributed by atoms with Crippen LogP contribution >= 0.6 is 11.3 Å². The molecule has 0 fully saturated rings. The van der Waals surface area contributed by atoms with Gasteiger partial charge in [0.2, 0.25) is 0 Å². The Morgan fingerprint density at radius 2 is 1.20 bits per heavy atom. The van der Waals surface area contributed by atoms with Crippen molar-refractivity contribution in [3.05, 3.63) is 187 Å². The Hall–Kier alpha value is -7.15. The first-order valence-electron chi connectivity index (χ1n) is 18.5. The van der Waals surface area contributed by atoms with Gasteiger partial charge in [0, 0.05) is 44.8 Å². The van der Waals surface area contributed by atoms with Gasteiger partial charge in [0.1, 0.15) is 0 Å². The van der Waals surface area contributed by atoms with E-state index in [-0.39, 0.29) is 0 Å². The van der Waals surface area contributed by atoms with Crippen molar-refractivity contribution < 1.29 is 0 Å². The minimum Gasteiger partial charge on any atom is -0.263 e. The summed E-state index contributed by atoms with van der Waals surface area (Å²) in [5.74, 6) is 0.696. The smallest absolute Gasteiger partial charge is 0.160 e. The number of aromatic nitrogens is 4. The van der Waals surface area contributed by atoms with Gasteiger partial charge in [-0.1, -0.05) is 146 Å². The Kier molecular flexibility index (Phi) is 9.46. The lowest BCUT2D eigenvalue weighted by atomic mass is 9.96. The number of hydrogen-bond donors (Lipinski definition) is 0. The Morgan fingerprint density at radius 1 is 0.589 bits per heavy atom. The van der Waals surface area contributed by atoms with Gasteiger partial charge in [-0.25, -0.2) is 15.0 Å². The maximum Gasteiger partial charge on any atom is 0.160 e. The van der Waals surface area contributed by atoms with Crippen LogP contribution in [0.1, 0.15) is 11.8 Å². The van der Waals surface area contributed by atoms with E-state index in [1.54, 1.807) is 11.3 Å². The quantitative estimate of drug-likeness (QED) is 0.109. The summed E-state index contributed by atoms with van der Waals surface area (Å²) in [4.78, 5) is 25.7. The molecule has 0 amide bonds. The van der Waals surface area contributed by atoms with E-state index in [9.17, 15) is 0 Å². The van der Waals surface area contributed by atoms with E-state index in [0.29, 0.717) is 5.82 Å². The fourth-order valence-corrected chi connectivity index (χ4v) is 8.38. The van der Waals surface area contributed by atoms with E-state index < -0.39 is 0 Å². The van der Waals surface area contributed by atoms with Gasteiger partial charge >= 0.3 is 0 Å². The molecule has 4 aromatic heterocycles. The third kappa shape index (κ3) is 6.63. The Morgan fingerprint density at radius 3 is 1.84 bits per heavy atom. The molecule has 6 heteroatoms. The lowest BCUT2D eigenvalue weighted by Gasteiger charge is -2.12. The van der Waals surface area contributed by atoms with Crippen molar-refractivity contribution in [1.29, 1.82) is 0 Å². The maximum atomic E-state index is 5.39. The molecule has 4 heterocycles. The zero-order valence-corrected chi connectivity index (χ0v) is 31.5. The summed E-state index contributed by atoms with van der Waals surface area (Å²) in [6, 6.07) is 54.1. The number of nitrogens with zero attached hydrogens (tertiary/aromatic N) is 5. The van der Waals surface area contributed by atoms with Crippen LogP contribution in [-0.2, 0) is 0 Å². The van der Waals surface area contributed by atoms with Crippen molar-refractivity contribution in [3.8, 4) is 67.5 Å². The Balaban J connectivity index is 1.20. The predicted octanol–water partition coefficient (Wildman–Crippen LogP) is 13.3. The lowest BCUT2D eigenvalue weighted by molar-refractivity contribution is 1.18. The minimum absolute atomic E-state index is 0.696. The third-order valence-electron chi connectivity index (χ3n) is 9.78. The van der Waals surface area contributed by atoms with Crippen LogP contribution in [0.4, 0.5) is 0 Å². The average Bonchev–Trinajstić information content (AvgIpc) is 3.68. The molecule has 0 spiro atoms. The summed E-state index contributed by atoms with van der Waals surface area (Å²) in [6.45, 7) is 5.95. The number of thiophene rings is 1. The molecule has 0 aliphatic heterocycles. The maximum absolute atomic E-state index is 5.39. The highest BCUT2D eigenvalue weighted by molar-refractivity contribution is 7.21.